The third kappa shape index (κ3) is 3.40. The molecular weight excluding hydrogens is 418 g/mol. The molecule has 2 aromatic heterocycles. The van der Waals surface area contributed by atoms with Crippen molar-refractivity contribution in [3.63, 3.8) is 0 Å². The number of halogens is 1. The number of aliphatic hydroxyl groups excluding tert-OH is 2. The largest absolute Gasteiger partial charge is 0.387 e. The lowest BCUT2D eigenvalue weighted by Crippen LogP contribution is -2.31. The smallest absolute Gasteiger partial charge is 0.167 e. The van der Waals surface area contributed by atoms with Crippen LogP contribution in [0.4, 0.5) is 5.82 Å². The number of hydrogen-bond donors (Lipinski definition) is 3. The maximum absolute atomic E-state index is 10.6. The third-order valence-corrected chi connectivity index (χ3v) is 6.64. The highest BCUT2D eigenvalue weighted by molar-refractivity contribution is 6.30. The summed E-state index contributed by atoms with van der Waals surface area (Å²) in [6.45, 7) is 3.66. The number of aryl methyl sites for hydroxylation is 1. The molecule has 5 rings (SSSR count). The van der Waals surface area contributed by atoms with Gasteiger partial charge in [0.05, 0.1) is 12.4 Å². The Morgan fingerprint density at radius 2 is 1.97 bits per heavy atom. The van der Waals surface area contributed by atoms with Crippen molar-refractivity contribution in [3.8, 4) is 0 Å². The first kappa shape index (κ1) is 20.4. The van der Waals surface area contributed by atoms with Crippen LogP contribution in [-0.4, -0.2) is 48.0 Å². The van der Waals surface area contributed by atoms with E-state index >= 15 is 0 Å². The molecule has 0 saturated carbocycles. The van der Waals surface area contributed by atoms with Crippen LogP contribution < -0.4 is 5.32 Å². The van der Waals surface area contributed by atoms with Crippen LogP contribution in [0.15, 0.2) is 47.5 Å². The molecule has 1 fully saturated rings. The lowest BCUT2D eigenvalue weighted by molar-refractivity contribution is -0.0253. The molecule has 0 radical (unpaired) electrons. The number of rotatable bonds is 4. The van der Waals surface area contributed by atoms with Gasteiger partial charge in [-0.25, -0.2) is 15.0 Å². The van der Waals surface area contributed by atoms with Crippen molar-refractivity contribution < 1.29 is 14.9 Å². The summed E-state index contributed by atoms with van der Waals surface area (Å²) < 4.78 is 7.55. The van der Waals surface area contributed by atoms with Crippen LogP contribution in [0.5, 0.6) is 0 Å². The minimum Gasteiger partial charge on any atom is -0.387 e. The highest BCUT2D eigenvalue weighted by Gasteiger charge is 2.46. The summed E-state index contributed by atoms with van der Waals surface area (Å²) in [6, 6.07) is 8.53. The zero-order valence-corrected chi connectivity index (χ0v) is 18.0. The summed E-state index contributed by atoms with van der Waals surface area (Å²) in [7, 11) is 0. The van der Waals surface area contributed by atoms with Crippen molar-refractivity contribution in [1.29, 1.82) is 0 Å². The first-order valence-electron chi connectivity index (χ1n) is 10.3. The minimum atomic E-state index is -1.18. The molecule has 2 aliphatic rings. The van der Waals surface area contributed by atoms with Crippen molar-refractivity contribution in [2.45, 2.75) is 57.3 Å². The van der Waals surface area contributed by atoms with Gasteiger partial charge in [-0.05, 0) is 37.8 Å². The summed E-state index contributed by atoms with van der Waals surface area (Å²) in [6.07, 6.45) is 0.997. The Labute approximate surface area is 184 Å². The van der Waals surface area contributed by atoms with E-state index in [1.165, 1.54) is 17.5 Å². The van der Waals surface area contributed by atoms with Crippen LogP contribution in [0.25, 0.3) is 11.2 Å². The molecule has 1 aliphatic carbocycles. The fourth-order valence-electron chi connectivity index (χ4n) is 4.40. The van der Waals surface area contributed by atoms with E-state index in [1.807, 2.05) is 19.9 Å². The van der Waals surface area contributed by atoms with Crippen molar-refractivity contribution in [2.24, 2.45) is 0 Å². The Bertz CT molecular complexity index is 1160. The number of benzene rings is 1. The monoisotopic (exact) mass is 441 g/mol. The first-order chi connectivity index (χ1) is 15.0. The topological polar surface area (TPSA) is 105 Å². The SMILES string of the molecule is CC(C)=C(Cl)[C@H]1O[C@@H](n2cnc3c(NC4CCc5ccccc54)ncnc32)[C@H](O)[C@@H]1O. The molecular formula is C22H24ClN5O3. The highest BCUT2D eigenvalue weighted by atomic mass is 35.5. The normalized spacial score (nSPS) is 27.5. The van der Waals surface area contributed by atoms with E-state index in [0.29, 0.717) is 22.0 Å². The molecule has 162 valence electrons. The lowest BCUT2D eigenvalue weighted by atomic mass is 10.1. The lowest BCUT2D eigenvalue weighted by Gasteiger charge is -2.17. The van der Waals surface area contributed by atoms with Crippen LogP contribution in [-0.2, 0) is 11.2 Å². The number of nitrogens with one attached hydrogen (secondary N) is 1. The van der Waals surface area contributed by atoms with Crippen LogP contribution in [0, 0.1) is 0 Å². The Morgan fingerprint density at radius 1 is 1.16 bits per heavy atom. The molecule has 9 heteroatoms. The Balaban J connectivity index is 1.46. The van der Waals surface area contributed by atoms with Gasteiger partial charge < -0.3 is 20.3 Å². The van der Waals surface area contributed by atoms with Crippen molar-refractivity contribution in [2.75, 3.05) is 5.32 Å². The highest BCUT2D eigenvalue weighted by Crippen LogP contribution is 2.38. The van der Waals surface area contributed by atoms with E-state index in [4.69, 9.17) is 16.3 Å². The molecule has 3 heterocycles. The molecule has 1 unspecified atom stereocenters. The average Bonchev–Trinajstić information content (AvgIpc) is 3.45. The summed E-state index contributed by atoms with van der Waals surface area (Å²) in [5, 5.41) is 25.0. The van der Waals surface area contributed by atoms with Gasteiger partial charge in [-0.1, -0.05) is 41.4 Å². The summed E-state index contributed by atoms with van der Waals surface area (Å²) in [5.41, 5.74) is 4.52. The van der Waals surface area contributed by atoms with Gasteiger partial charge in [-0.15, -0.1) is 0 Å². The second kappa shape index (κ2) is 7.87. The van der Waals surface area contributed by atoms with E-state index in [9.17, 15) is 10.2 Å². The number of aliphatic hydroxyl groups is 2. The maximum Gasteiger partial charge on any atom is 0.167 e. The first-order valence-corrected chi connectivity index (χ1v) is 10.7. The van der Waals surface area contributed by atoms with Crippen molar-refractivity contribution in [3.05, 3.63) is 58.7 Å². The van der Waals surface area contributed by atoms with Crippen molar-refractivity contribution >= 4 is 28.6 Å². The van der Waals surface area contributed by atoms with E-state index in [0.717, 1.165) is 18.4 Å². The number of aromatic nitrogens is 4. The molecule has 5 atom stereocenters. The van der Waals surface area contributed by atoms with E-state index in [2.05, 4.69) is 38.5 Å². The Kier molecular flexibility index (Phi) is 5.18. The molecule has 1 aromatic carbocycles. The van der Waals surface area contributed by atoms with Gasteiger partial charge in [-0.2, -0.15) is 0 Å². The molecule has 3 aromatic rings. The Hall–Kier alpha value is -2.52. The zero-order valence-electron chi connectivity index (χ0n) is 17.2. The number of fused-ring (bicyclic) bond motifs is 2. The molecule has 0 spiro atoms. The zero-order chi connectivity index (χ0) is 21.7. The maximum atomic E-state index is 10.6. The fraction of sp³-hybridized carbons (Fsp3) is 0.409. The summed E-state index contributed by atoms with van der Waals surface area (Å²) in [4.78, 5) is 13.2. The van der Waals surface area contributed by atoms with Gasteiger partial charge in [0.25, 0.3) is 0 Å². The van der Waals surface area contributed by atoms with Crippen molar-refractivity contribution in [1.82, 2.24) is 19.5 Å². The number of ether oxygens (including phenoxy) is 1. The van der Waals surface area contributed by atoms with E-state index in [1.54, 1.807) is 10.9 Å². The number of nitrogens with zero attached hydrogens (tertiary/aromatic N) is 4. The van der Waals surface area contributed by atoms with Crippen LogP contribution in [0.3, 0.4) is 0 Å². The van der Waals surface area contributed by atoms with E-state index in [-0.39, 0.29) is 6.04 Å². The van der Waals surface area contributed by atoms with Gasteiger partial charge >= 0.3 is 0 Å². The van der Waals surface area contributed by atoms with Gasteiger partial charge in [0.1, 0.15) is 24.6 Å². The van der Waals surface area contributed by atoms with E-state index < -0.39 is 24.5 Å². The second-order valence-corrected chi connectivity index (χ2v) is 8.66. The van der Waals surface area contributed by atoms with Gasteiger partial charge in [-0.3, -0.25) is 4.57 Å². The van der Waals surface area contributed by atoms with Crippen LogP contribution in [0.1, 0.15) is 43.7 Å². The van der Waals surface area contributed by atoms with Gasteiger partial charge in [0.2, 0.25) is 0 Å². The average molecular weight is 442 g/mol. The molecule has 8 nitrogen and oxygen atoms in total. The van der Waals surface area contributed by atoms with Crippen LogP contribution >= 0.6 is 11.6 Å². The van der Waals surface area contributed by atoms with Gasteiger partial charge in [0, 0.05) is 5.03 Å². The number of imidazole rings is 1. The molecule has 1 saturated heterocycles. The number of hydrogen-bond acceptors (Lipinski definition) is 7. The molecule has 31 heavy (non-hydrogen) atoms. The number of anilines is 1. The summed E-state index contributed by atoms with van der Waals surface area (Å²) in [5.74, 6) is 0.623. The van der Waals surface area contributed by atoms with Gasteiger partial charge in [0.15, 0.2) is 23.2 Å². The predicted octanol–water partition coefficient (Wildman–Crippen LogP) is 3.08. The standard InChI is InChI=1S/C22H24ClN5O3/c1-11(2)15(23)19-17(29)18(30)22(31-19)28-10-26-16-20(24-9-25-21(16)28)27-14-8-7-12-5-3-4-6-13(12)14/h3-6,9-10,14,17-19,22,29-30H,7-8H2,1-2H3,(H,24,25,27)/t14?,17-,18+,19+,22+/m0/s1. The molecule has 3 N–H and O–H groups in total. The second-order valence-electron chi connectivity index (χ2n) is 8.26. The fourth-order valence-corrected chi connectivity index (χ4v) is 4.58. The predicted molar refractivity (Wildman–Crippen MR) is 117 cm³/mol. The molecule has 0 bridgehead atoms. The minimum absolute atomic E-state index is 0.149. The molecule has 0 amide bonds. The molecule has 1 aliphatic heterocycles. The quantitative estimate of drug-likeness (QED) is 0.571. The van der Waals surface area contributed by atoms with Crippen LogP contribution in [0.2, 0.25) is 0 Å². The Morgan fingerprint density at radius 3 is 2.77 bits per heavy atom. The summed E-state index contributed by atoms with van der Waals surface area (Å²) >= 11 is 6.31. The third-order valence-electron chi connectivity index (χ3n) is 6.04. The number of allylic oxidation sites excluding steroid dienone is 1.